The molecular weight excluding hydrogens is 329 g/mol. The Labute approximate surface area is 153 Å². The van der Waals surface area contributed by atoms with Crippen LogP contribution in [0.4, 0.5) is 4.39 Å². The summed E-state index contributed by atoms with van der Waals surface area (Å²) in [6.07, 6.45) is 10.7. The predicted octanol–water partition coefficient (Wildman–Crippen LogP) is 5.00. The summed E-state index contributed by atoms with van der Waals surface area (Å²) < 4.78 is 19.2. The number of rotatable bonds is 5. The second-order valence-corrected chi connectivity index (χ2v) is 8.94. The van der Waals surface area contributed by atoms with Crippen molar-refractivity contribution < 1.29 is 13.9 Å². The van der Waals surface area contributed by atoms with Crippen molar-refractivity contribution in [2.45, 2.75) is 51.4 Å². The minimum absolute atomic E-state index is 0.0570. The lowest BCUT2D eigenvalue weighted by Gasteiger charge is -2.55. The van der Waals surface area contributed by atoms with E-state index in [-0.39, 0.29) is 17.2 Å². The van der Waals surface area contributed by atoms with Crippen molar-refractivity contribution in [3.63, 3.8) is 0 Å². The molecule has 1 aromatic heterocycles. The molecule has 1 N–H and O–H groups in total. The molecule has 0 aliphatic heterocycles. The van der Waals surface area contributed by atoms with Gasteiger partial charge in [0.25, 0.3) is 0 Å². The molecule has 4 heteroatoms. The number of halogens is 1. The highest BCUT2D eigenvalue weighted by Crippen LogP contribution is 2.60. The third-order valence-electron chi connectivity index (χ3n) is 7.02. The molecule has 0 spiro atoms. The first kappa shape index (κ1) is 16.3. The Morgan fingerprint density at radius 2 is 1.85 bits per heavy atom. The van der Waals surface area contributed by atoms with Crippen LogP contribution in [0.3, 0.4) is 0 Å². The van der Waals surface area contributed by atoms with Crippen LogP contribution >= 0.6 is 0 Å². The number of H-pyrrole nitrogens is 1. The fraction of sp³-hybridized carbons (Fsp3) is 0.591. The summed E-state index contributed by atoms with van der Waals surface area (Å²) in [5, 5.41) is 0.928. The first-order valence-electron chi connectivity index (χ1n) is 10.0. The van der Waals surface area contributed by atoms with Crippen LogP contribution in [-0.2, 0) is 16.0 Å². The maximum Gasteiger partial charge on any atom is 0.312 e. The molecule has 2 aromatic rings. The quantitative estimate of drug-likeness (QED) is 0.606. The molecule has 3 nitrogen and oxygen atoms in total. The smallest absolute Gasteiger partial charge is 0.312 e. The van der Waals surface area contributed by atoms with Crippen LogP contribution in [0, 0.1) is 29.0 Å². The van der Waals surface area contributed by atoms with E-state index in [1.807, 2.05) is 6.20 Å². The standard InChI is InChI=1S/C22H26FNO2/c23-18-3-4-20-19(9-18)17(13-24-20)2-1-5-26-21(25)22-10-14-6-15(11-22)8-16(7-14)12-22/h3-4,9,13-16,24H,1-2,5-8,10-12H2. The first-order chi connectivity index (χ1) is 12.6. The molecule has 1 aromatic carbocycles. The Bertz CT molecular complexity index is 804. The highest BCUT2D eigenvalue weighted by molar-refractivity contribution is 5.83. The number of aromatic nitrogens is 1. The molecule has 0 unspecified atom stereocenters. The zero-order valence-electron chi connectivity index (χ0n) is 15.1. The van der Waals surface area contributed by atoms with Gasteiger partial charge in [0.2, 0.25) is 0 Å². The van der Waals surface area contributed by atoms with Crippen molar-refractivity contribution in [2.24, 2.45) is 23.2 Å². The van der Waals surface area contributed by atoms with Gasteiger partial charge in [-0.05, 0) is 92.9 Å². The molecule has 0 radical (unpaired) electrons. The van der Waals surface area contributed by atoms with Gasteiger partial charge in [-0.1, -0.05) is 0 Å². The third-order valence-corrected chi connectivity index (χ3v) is 7.02. The molecule has 4 aliphatic carbocycles. The van der Waals surface area contributed by atoms with Crippen molar-refractivity contribution >= 4 is 16.9 Å². The molecule has 138 valence electrons. The number of ether oxygens (including phenoxy) is 1. The van der Waals surface area contributed by atoms with Gasteiger partial charge in [-0.2, -0.15) is 0 Å². The van der Waals surface area contributed by atoms with Gasteiger partial charge < -0.3 is 9.72 Å². The average Bonchev–Trinajstić information content (AvgIpc) is 2.99. The van der Waals surface area contributed by atoms with E-state index in [1.54, 1.807) is 12.1 Å². The monoisotopic (exact) mass is 355 g/mol. The van der Waals surface area contributed by atoms with E-state index >= 15 is 0 Å². The van der Waals surface area contributed by atoms with Crippen LogP contribution in [0.5, 0.6) is 0 Å². The van der Waals surface area contributed by atoms with Crippen LogP contribution in [0.15, 0.2) is 24.4 Å². The van der Waals surface area contributed by atoms with Gasteiger partial charge in [0.1, 0.15) is 5.82 Å². The van der Waals surface area contributed by atoms with E-state index in [2.05, 4.69) is 4.98 Å². The van der Waals surface area contributed by atoms with Gasteiger partial charge >= 0.3 is 5.97 Å². The summed E-state index contributed by atoms with van der Waals surface area (Å²) in [6.45, 7) is 0.461. The summed E-state index contributed by atoms with van der Waals surface area (Å²) in [4.78, 5) is 16.0. The number of carbonyl (C=O) groups excluding carboxylic acids is 1. The minimum Gasteiger partial charge on any atom is -0.465 e. The van der Waals surface area contributed by atoms with Crippen molar-refractivity contribution in [3.8, 4) is 0 Å². The fourth-order valence-electron chi connectivity index (χ4n) is 6.30. The molecule has 26 heavy (non-hydrogen) atoms. The lowest BCUT2D eigenvalue weighted by molar-refractivity contribution is -0.171. The number of aromatic amines is 1. The van der Waals surface area contributed by atoms with Gasteiger partial charge in [0.05, 0.1) is 12.0 Å². The van der Waals surface area contributed by atoms with Gasteiger partial charge in [0.15, 0.2) is 0 Å². The Kier molecular flexibility index (Phi) is 3.84. The molecule has 4 fully saturated rings. The fourth-order valence-corrected chi connectivity index (χ4v) is 6.30. The van der Waals surface area contributed by atoms with Crippen LogP contribution in [0.2, 0.25) is 0 Å². The lowest BCUT2D eigenvalue weighted by Crippen LogP contribution is -2.50. The molecule has 0 saturated heterocycles. The van der Waals surface area contributed by atoms with E-state index in [1.165, 1.54) is 25.3 Å². The van der Waals surface area contributed by atoms with Gasteiger partial charge in [-0.25, -0.2) is 4.39 Å². The number of hydrogen-bond donors (Lipinski definition) is 1. The molecule has 4 saturated carbocycles. The number of benzene rings is 1. The van der Waals surface area contributed by atoms with E-state index < -0.39 is 0 Å². The summed E-state index contributed by atoms with van der Waals surface area (Å²) in [5.41, 5.74) is 1.87. The topological polar surface area (TPSA) is 42.1 Å². The van der Waals surface area contributed by atoms with E-state index in [0.717, 1.165) is 66.3 Å². The number of fused-ring (bicyclic) bond motifs is 1. The van der Waals surface area contributed by atoms with Gasteiger partial charge in [0, 0.05) is 17.1 Å². The Hall–Kier alpha value is -1.84. The zero-order chi connectivity index (χ0) is 17.7. The number of hydrogen-bond acceptors (Lipinski definition) is 2. The number of aryl methyl sites for hydroxylation is 1. The second-order valence-electron chi connectivity index (χ2n) is 8.94. The molecular formula is C22H26FNO2. The van der Waals surface area contributed by atoms with E-state index in [4.69, 9.17) is 4.74 Å². The average molecular weight is 355 g/mol. The Morgan fingerprint density at radius 1 is 1.15 bits per heavy atom. The third kappa shape index (κ3) is 2.74. The summed E-state index contributed by atoms with van der Waals surface area (Å²) in [6, 6.07) is 4.81. The molecule has 1 heterocycles. The molecule has 4 bridgehead atoms. The van der Waals surface area contributed by atoms with Crippen molar-refractivity contribution in [2.75, 3.05) is 6.61 Å². The van der Waals surface area contributed by atoms with Crippen LogP contribution in [-0.4, -0.2) is 17.6 Å². The number of esters is 1. The maximum atomic E-state index is 13.5. The van der Waals surface area contributed by atoms with Crippen LogP contribution in [0.1, 0.15) is 50.5 Å². The summed E-state index contributed by atoms with van der Waals surface area (Å²) >= 11 is 0. The van der Waals surface area contributed by atoms with Crippen LogP contribution < -0.4 is 0 Å². The van der Waals surface area contributed by atoms with Crippen molar-refractivity contribution in [3.05, 3.63) is 35.8 Å². The van der Waals surface area contributed by atoms with Crippen LogP contribution in [0.25, 0.3) is 10.9 Å². The highest BCUT2D eigenvalue weighted by atomic mass is 19.1. The maximum absolute atomic E-state index is 13.5. The highest BCUT2D eigenvalue weighted by Gasteiger charge is 2.55. The van der Waals surface area contributed by atoms with Gasteiger partial charge in [-0.15, -0.1) is 0 Å². The predicted molar refractivity (Wildman–Crippen MR) is 98.1 cm³/mol. The SMILES string of the molecule is O=C(OCCCc1c[nH]c2ccc(F)cc12)C12CC3CC(CC(C3)C1)C2. The summed E-state index contributed by atoms with van der Waals surface area (Å²) in [7, 11) is 0. The van der Waals surface area contributed by atoms with E-state index in [0.29, 0.717) is 6.61 Å². The molecule has 0 atom stereocenters. The Morgan fingerprint density at radius 3 is 2.54 bits per heavy atom. The first-order valence-corrected chi connectivity index (χ1v) is 10.0. The normalized spacial score (nSPS) is 32.3. The minimum atomic E-state index is -0.216. The van der Waals surface area contributed by atoms with Gasteiger partial charge in [-0.3, -0.25) is 4.79 Å². The van der Waals surface area contributed by atoms with E-state index in [9.17, 15) is 9.18 Å². The Balaban J connectivity index is 1.18. The number of carbonyl (C=O) groups is 1. The molecule has 6 rings (SSSR count). The summed E-state index contributed by atoms with van der Waals surface area (Å²) in [5.74, 6) is 2.12. The largest absolute Gasteiger partial charge is 0.465 e. The lowest BCUT2D eigenvalue weighted by atomic mass is 9.49. The number of nitrogens with one attached hydrogen (secondary N) is 1. The van der Waals surface area contributed by atoms with Crippen molar-refractivity contribution in [1.29, 1.82) is 0 Å². The second kappa shape index (κ2) is 6.11. The zero-order valence-corrected chi connectivity index (χ0v) is 15.1. The molecule has 4 aliphatic rings. The van der Waals surface area contributed by atoms with Crippen molar-refractivity contribution in [1.82, 2.24) is 4.98 Å². The molecule has 0 amide bonds.